The summed E-state index contributed by atoms with van der Waals surface area (Å²) in [5.41, 5.74) is 3.54. The number of hydrogen-bond acceptors (Lipinski definition) is 4. The van der Waals surface area contributed by atoms with Crippen LogP contribution in [0.4, 0.5) is 0 Å². The van der Waals surface area contributed by atoms with Crippen LogP contribution in [0.2, 0.25) is 0 Å². The first-order valence-electron chi connectivity index (χ1n) is 14.2. The topological polar surface area (TPSA) is 58.4 Å². The predicted molar refractivity (Wildman–Crippen MR) is 156 cm³/mol. The molecule has 6 nitrogen and oxygen atoms in total. The van der Waals surface area contributed by atoms with Crippen LogP contribution in [-0.4, -0.2) is 59.4 Å². The third-order valence-electron chi connectivity index (χ3n) is 8.93. The van der Waals surface area contributed by atoms with E-state index in [0.717, 1.165) is 37.1 Å². The van der Waals surface area contributed by atoms with Gasteiger partial charge in [0.1, 0.15) is 5.82 Å². The van der Waals surface area contributed by atoms with Crippen LogP contribution in [0.25, 0.3) is 11.0 Å². The molecule has 4 aromatic rings. The first-order valence-corrected chi connectivity index (χ1v) is 15.6. The van der Waals surface area contributed by atoms with Crippen molar-refractivity contribution in [3.05, 3.63) is 96.3 Å². The summed E-state index contributed by atoms with van der Waals surface area (Å²) in [5, 5.41) is 0. The van der Waals surface area contributed by atoms with Crippen molar-refractivity contribution in [1.82, 2.24) is 18.8 Å². The number of aryl methyl sites for hydroxylation is 1. The number of nitrogens with zero attached hydrogens (tertiary/aromatic N) is 4. The van der Waals surface area contributed by atoms with E-state index in [-0.39, 0.29) is 5.92 Å². The minimum Gasteiger partial charge on any atom is -0.325 e. The highest BCUT2D eigenvalue weighted by molar-refractivity contribution is 7.89. The Bertz CT molecular complexity index is 1510. The summed E-state index contributed by atoms with van der Waals surface area (Å²) in [4.78, 5) is 7.91. The molecule has 0 aliphatic carbocycles. The van der Waals surface area contributed by atoms with Gasteiger partial charge in [-0.2, -0.15) is 0 Å². The second kappa shape index (κ2) is 10.9. The monoisotopic (exact) mass is 542 g/mol. The predicted octanol–water partition coefficient (Wildman–Crippen LogP) is 6.01. The third kappa shape index (κ3) is 5.15. The lowest BCUT2D eigenvalue weighted by molar-refractivity contribution is 0.103. The summed E-state index contributed by atoms with van der Waals surface area (Å²) in [6, 6.07) is 29.3. The maximum Gasteiger partial charge on any atom is 0.242 e. The van der Waals surface area contributed by atoms with Gasteiger partial charge in [-0.1, -0.05) is 60.7 Å². The summed E-state index contributed by atoms with van der Waals surface area (Å²) in [7, 11) is -1.82. The van der Waals surface area contributed by atoms with Crippen molar-refractivity contribution >= 4 is 21.1 Å². The Kier molecular flexibility index (Phi) is 7.31. The molecule has 2 unspecified atom stereocenters. The Labute approximate surface area is 232 Å². The lowest BCUT2D eigenvalue weighted by Gasteiger charge is -2.40. The van der Waals surface area contributed by atoms with Gasteiger partial charge >= 0.3 is 0 Å². The maximum absolute atomic E-state index is 13.3. The number of sulfonamides is 1. The van der Waals surface area contributed by atoms with Crippen molar-refractivity contribution < 1.29 is 8.42 Å². The molecule has 2 bridgehead atoms. The van der Waals surface area contributed by atoms with Gasteiger partial charge in [-0.25, -0.2) is 17.7 Å². The van der Waals surface area contributed by atoms with Crippen molar-refractivity contribution in [1.29, 1.82) is 0 Å². The highest BCUT2D eigenvalue weighted by Gasteiger charge is 2.42. The lowest BCUT2D eigenvalue weighted by atomic mass is 9.92. The standard InChI is InChI=1S/C32H38N4O2S/c1-24-33-31-15-9-10-16-32(31)36(24)29-21-27-17-18-28(22-29)35(27)20-19-26(25-11-5-3-6-12-25)23-34(2)39(37,38)30-13-7-4-8-14-30/h3-16,26-29H,17-23H2,1-2H3/t26?,27-,28+,29?. The van der Waals surface area contributed by atoms with Crippen molar-refractivity contribution in [2.75, 3.05) is 20.1 Å². The minimum absolute atomic E-state index is 0.131. The van der Waals surface area contributed by atoms with Crippen LogP contribution in [0.1, 0.15) is 55.5 Å². The van der Waals surface area contributed by atoms with E-state index in [9.17, 15) is 8.42 Å². The molecule has 1 aromatic heterocycles. The molecule has 0 N–H and O–H groups in total. The van der Waals surface area contributed by atoms with Crippen molar-refractivity contribution in [3.63, 3.8) is 0 Å². The molecule has 2 fully saturated rings. The van der Waals surface area contributed by atoms with Crippen LogP contribution in [0, 0.1) is 6.92 Å². The van der Waals surface area contributed by atoms with Crippen molar-refractivity contribution in [2.45, 2.75) is 68.0 Å². The Hall–Kier alpha value is -3.00. The lowest BCUT2D eigenvalue weighted by Crippen LogP contribution is -2.44. The smallest absolute Gasteiger partial charge is 0.242 e. The first kappa shape index (κ1) is 26.2. The van der Waals surface area contributed by atoms with Crippen LogP contribution >= 0.6 is 0 Å². The number of para-hydroxylation sites is 2. The zero-order chi connectivity index (χ0) is 27.0. The van der Waals surface area contributed by atoms with E-state index < -0.39 is 10.0 Å². The summed E-state index contributed by atoms with van der Waals surface area (Å²) in [6.07, 6.45) is 5.71. The van der Waals surface area contributed by atoms with Gasteiger partial charge < -0.3 is 4.57 Å². The summed E-state index contributed by atoms with van der Waals surface area (Å²) in [5.74, 6) is 1.24. The van der Waals surface area contributed by atoms with Gasteiger partial charge in [0.05, 0.1) is 15.9 Å². The van der Waals surface area contributed by atoms with Gasteiger partial charge in [0, 0.05) is 31.7 Å². The number of fused-ring (bicyclic) bond motifs is 3. The Balaban J connectivity index is 1.17. The molecule has 2 aliphatic rings. The highest BCUT2D eigenvalue weighted by Crippen LogP contribution is 2.43. The van der Waals surface area contributed by atoms with Gasteiger partial charge in [-0.3, -0.25) is 4.90 Å². The van der Waals surface area contributed by atoms with Crippen molar-refractivity contribution in [2.24, 2.45) is 0 Å². The zero-order valence-corrected chi connectivity index (χ0v) is 23.7. The molecule has 3 aromatic carbocycles. The van der Waals surface area contributed by atoms with Crippen LogP contribution in [0.15, 0.2) is 89.8 Å². The molecule has 2 aliphatic heterocycles. The Morgan fingerprint density at radius 3 is 2.18 bits per heavy atom. The van der Waals surface area contributed by atoms with E-state index in [2.05, 4.69) is 64.9 Å². The molecule has 2 saturated heterocycles. The molecular weight excluding hydrogens is 504 g/mol. The number of rotatable bonds is 9. The van der Waals surface area contributed by atoms with E-state index >= 15 is 0 Å². The Morgan fingerprint density at radius 2 is 1.49 bits per heavy atom. The van der Waals surface area contributed by atoms with Gasteiger partial charge in [0.15, 0.2) is 0 Å². The second-order valence-electron chi connectivity index (χ2n) is 11.3. The van der Waals surface area contributed by atoms with E-state index in [1.54, 1.807) is 31.3 Å². The average Bonchev–Trinajstić information content (AvgIpc) is 3.42. The first-order chi connectivity index (χ1) is 18.9. The molecule has 3 heterocycles. The molecule has 4 atom stereocenters. The SMILES string of the molecule is Cc1nc2ccccc2n1C1C[C@H]2CC[C@@H](C1)N2CCC(CN(C)S(=O)(=O)c1ccccc1)c1ccccc1. The van der Waals surface area contributed by atoms with Crippen molar-refractivity contribution in [3.8, 4) is 0 Å². The highest BCUT2D eigenvalue weighted by atomic mass is 32.2. The summed E-state index contributed by atoms with van der Waals surface area (Å²) >= 11 is 0. The maximum atomic E-state index is 13.3. The molecule has 6 rings (SSSR count). The molecule has 39 heavy (non-hydrogen) atoms. The largest absolute Gasteiger partial charge is 0.325 e. The number of benzene rings is 3. The number of hydrogen-bond donors (Lipinski definition) is 0. The molecule has 204 valence electrons. The molecule has 7 heteroatoms. The van der Waals surface area contributed by atoms with E-state index in [1.165, 1.54) is 28.2 Å². The molecule has 0 radical (unpaired) electrons. The fourth-order valence-corrected chi connectivity index (χ4v) is 8.26. The number of piperidine rings is 1. The molecule has 0 saturated carbocycles. The summed E-state index contributed by atoms with van der Waals surface area (Å²) in [6.45, 7) is 3.59. The fourth-order valence-electron chi connectivity index (χ4n) is 7.02. The molecule has 0 spiro atoms. The zero-order valence-electron chi connectivity index (χ0n) is 22.9. The van der Waals surface area contributed by atoms with Gasteiger partial charge in [-0.15, -0.1) is 0 Å². The van der Waals surface area contributed by atoms with Gasteiger partial charge in [0.2, 0.25) is 10.0 Å². The minimum atomic E-state index is -3.54. The quantitative estimate of drug-likeness (QED) is 0.260. The molecular formula is C32H38N4O2S. The van der Waals surface area contributed by atoms with E-state index in [4.69, 9.17) is 4.98 Å². The van der Waals surface area contributed by atoms with Gasteiger partial charge in [-0.05, 0) is 81.3 Å². The van der Waals surface area contributed by atoms with Gasteiger partial charge in [0.25, 0.3) is 0 Å². The Morgan fingerprint density at radius 1 is 0.872 bits per heavy atom. The summed E-state index contributed by atoms with van der Waals surface area (Å²) < 4.78 is 30.6. The number of imidazole rings is 1. The van der Waals surface area contributed by atoms with Crippen LogP contribution < -0.4 is 0 Å². The van der Waals surface area contributed by atoms with Crippen LogP contribution in [0.5, 0.6) is 0 Å². The van der Waals surface area contributed by atoms with E-state index in [1.807, 2.05) is 12.1 Å². The second-order valence-corrected chi connectivity index (χ2v) is 13.3. The average molecular weight is 543 g/mol. The van der Waals surface area contributed by atoms with Crippen LogP contribution in [0.3, 0.4) is 0 Å². The number of aromatic nitrogens is 2. The number of likely N-dealkylation sites (N-methyl/N-ethyl adjacent to an activating group) is 1. The molecule has 0 amide bonds. The fraction of sp³-hybridized carbons (Fsp3) is 0.406. The third-order valence-corrected chi connectivity index (χ3v) is 10.8. The van der Waals surface area contributed by atoms with Crippen LogP contribution in [-0.2, 0) is 10.0 Å². The van der Waals surface area contributed by atoms with E-state index in [0.29, 0.717) is 29.6 Å². The normalized spacial score (nSPS) is 22.5.